The molecule has 0 saturated heterocycles. The van der Waals surface area contributed by atoms with Gasteiger partial charge in [-0.25, -0.2) is 0 Å². The first kappa shape index (κ1) is 18.9. The zero-order valence-corrected chi connectivity index (χ0v) is 15.5. The first-order valence-electron chi connectivity index (χ1n) is 7.94. The highest BCUT2D eigenvalue weighted by Crippen LogP contribution is 2.36. The minimum atomic E-state index is -0.632. The van der Waals surface area contributed by atoms with Crippen LogP contribution >= 0.6 is 11.6 Å². The number of ether oxygens (including phenoxy) is 3. The highest BCUT2D eigenvalue weighted by molar-refractivity contribution is 6.32. The molecule has 0 bridgehead atoms. The maximum atomic E-state index is 12.6. The molecule has 0 aliphatic rings. The smallest absolute Gasteiger partial charge is 0.265 e. The van der Waals surface area contributed by atoms with Crippen molar-refractivity contribution >= 4 is 23.2 Å². The van der Waals surface area contributed by atoms with Gasteiger partial charge in [-0.2, -0.15) is 0 Å². The van der Waals surface area contributed by atoms with Crippen LogP contribution in [0.15, 0.2) is 36.4 Å². The molecule has 0 saturated carbocycles. The molecule has 2 aromatic rings. The Morgan fingerprint density at radius 1 is 1.12 bits per heavy atom. The van der Waals surface area contributed by atoms with Gasteiger partial charge in [0, 0.05) is 12.1 Å². The SMILES string of the molecule is CCC(Oc1ccccc1C)C(=O)Nc1cc(OC)c(Cl)cc1OC. The first-order chi connectivity index (χ1) is 12.0. The molecule has 0 spiro atoms. The van der Waals surface area contributed by atoms with Crippen molar-refractivity contribution in [2.45, 2.75) is 26.4 Å². The zero-order valence-electron chi connectivity index (χ0n) is 14.8. The number of hydrogen-bond acceptors (Lipinski definition) is 4. The van der Waals surface area contributed by atoms with Gasteiger partial charge in [0.05, 0.1) is 24.9 Å². The Morgan fingerprint density at radius 2 is 1.80 bits per heavy atom. The fourth-order valence-electron chi connectivity index (χ4n) is 2.34. The lowest BCUT2D eigenvalue weighted by Crippen LogP contribution is -2.32. The van der Waals surface area contributed by atoms with E-state index in [0.717, 1.165) is 5.56 Å². The van der Waals surface area contributed by atoms with Crippen molar-refractivity contribution in [3.05, 3.63) is 47.0 Å². The van der Waals surface area contributed by atoms with Crippen LogP contribution in [0.3, 0.4) is 0 Å². The van der Waals surface area contributed by atoms with Gasteiger partial charge >= 0.3 is 0 Å². The van der Waals surface area contributed by atoms with E-state index >= 15 is 0 Å². The van der Waals surface area contributed by atoms with Crippen molar-refractivity contribution in [3.63, 3.8) is 0 Å². The third-order valence-corrected chi connectivity index (χ3v) is 4.05. The molecule has 2 aromatic carbocycles. The summed E-state index contributed by atoms with van der Waals surface area (Å²) in [6.07, 6.45) is -0.111. The van der Waals surface area contributed by atoms with Gasteiger partial charge in [-0.3, -0.25) is 4.79 Å². The summed E-state index contributed by atoms with van der Waals surface area (Å²) in [5, 5.41) is 3.23. The topological polar surface area (TPSA) is 56.8 Å². The molecule has 6 heteroatoms. The molecule has 0 radical (unpaired) electrons. The fourth-order valence-corrected chi connectivity index (χ4v) is 2.57. The Kier molecular flexibility index (Phi) is 6.53. The highest BCUT2D eigenvalue weighted by atomic mass is 35.5. The quantitative estimate of drug-likeness (QED) is 0.789. The molecule has 1 N–H and O–H groups in total. The van der Waals surface area contributed by atoms with E-state index in [-0.39, 0.29) is 5.91 Å². The summed E-state index contributed by atoms with van der Waals surface area (Å²) in [6.45, 7) is 3.83. The van der Waals surface area contributed by atoms with Gasteiger partial charge in [0.2, 0.25) is 0 Å². The summed E-state index contributed by atoms with van der Waals surface area (Å²) < 4.78 is 16.3. The lowest BCUT2D eigenvalue weighted by molar-refractivity contribution is -0.122. The predicted octanol–water partition coefficient (Wildman–Crippen LogP) is 4.46. The molecule has 0 aromatic heterocycles. The van der Waals surface area contributed by atoms with Crippen molar-refractivity contribution in [3.8, 4) is 17.2 Å². The number of rotatable bonds is 7. The number of methoxy groups -OCH3 is 2. The maximum absolute atomic E-state index is 12.6. The molecule has 2 rings (SSSR count). The third-order valence-electron chi connectivity index (χ3n) is 3.76. The van der Waals surface area contributed by atoms with Gasteiger partial charge in [-0.15, -0.1) is 0 Å². The van der Waals surface area contributed by atoms with E-state index in [0.29, 0.717) is 34.4 Å². The second-order valence-electron chi connectivity index (χ2n) is 5.46. The van der Waals surface area contributed by atoms with Crippen LogP contribution in [0.1, 0.15) is 18.9 Å². The summed E-state index contributed by atoms with van der Waals surface area (Å²) in [7, 11) is 3.02. The van der Waals surface area contributed by atoms with Crippen LogP contribution in [0.25, 0.3) is 0 Å². The molecule has 0 aliphatic heterocycles. The Labute approximate surface area is 152 Å². The van der Waals surface area contributed by atoms with Crippen molar-refractivity contribution in [2.75, 3.05) is 19.5 Å². The van der Waals surface area contributed by atoms with Gasteiger partial charge < -0.3 is 19.5 Å². The molecule has 0 fully saturated rings. The van der Waals surface area contributed by atoms with Crippen molar-refractivity contribution in [1.29, 1.82) is 0 Å². The molecule has 0 aliphatic carbocycles. The van der Waals surface area contributed by atoms with E-state index in [1.807, 2.05) is 38.1 Å². The molecule has 1 unspecified atom stereocenters. The van der Waals surface area contributed by atoms with Crippen LogP contribution < -0.4 is 19.5 Å². The van der Waals surface area contributed by atoms with E-state index in [9.17, 15) is 4.79 Å². The van der Waals surface area contributed by atoms with Crippen LogP contribution in [0.2, 0.25) is 5.02 Å². The second-order valence-corrected chi connectivity index (χ2v) is 5.86. The number of carbonyl (C=O) groups excluding carboxylic acids is 1. The van der Waals surface area contributed by atoms with Gasteiger partial charge in [0.1, 0.15) is 17.2 Å². The van der Waals surface area contributed by atoms with E-state index in [2.05, 4.69) is 5.32 Å². The largest absolute Gasteiger partial charge is 0.495 e. The van der Waals surface area contributed by atoms with Crippen LogP contribution in [0.5, 0.6) is 17.2 Å². The third kappa shape index (κ3) is 4.57. The van der Waals surface area contributed by atoms with E-state index in [4.69, 9.17) is 25.8 Å². The summed E-state index contributed by atoms with van der Waals surface area (Å²) in [4.78, 5) is 12.6. The number of para-hydroxylation sites is 1. The Balaban J connectivity index is 2.20. The number of halogens is 1. The lowest BCUT2D eigenvalue weighted by atomic mass is 10.2. The second kappa shape index (κ2) is 8.62. The molecule has 25 heavy (non-hydrogen) atoms. The van der Waals surface area contributed by atoms with Crippen LogP contribution in [0, 0.1) is 6.92 Å². The molecule has 0 heterocycles. The normalized spacial score (nSPS) is 11.6. The lowest BCUT2D eigenvalue weighted by Gasteiger charge is -2.20. The number of aryl methyl sites for hydroxylation is 1. The summed E-state index contributed by atoms with van der Waals surface area (Å²) in [6, 6.07) is 10.8. The molecular weight excluding hydrogens is 342 g/mol. The van der Waals surface area contributed by atoms with Gasteiger partial charge in [-0.1, -0.05) is 36.7 Å². The van der Waals surface area contributed by atoms with Crippen molar-refractivity contribution in [1.82, 2.24) is 0 Å². The fraction of sp³-hybridized carbons (Fsp3) is 0.316. The standard InChI is InChI=1S/C19H22ClNO4/c1-5-15(25-16-9-7-6-8-12(16)2)19(22)21-14-11-17(23-3)13(20)10-18(14)24-4/h6-11,15H,5H2,1-4H3,(H,21,22). The van der Waals surface area contributed by atoms with E-state index in [1.54, 1.807) is 12.1 Å². The van der Waals surface area contributed by atoms with E-state index in [1.165, 1.54) is 14.2 Å². The molecule has 1 atom stereocenters. The number of carbonyl (C=O) groups is 1. The number of nitrogens with one attached hydrogen (secondary N) is 1. The van der Waals surface area contributed by atoms with E-state index < -0.39 is 6.10 Å². The van der Waals surface area contributed by atoms with Crippen LogP contribution in [0.4, 0.5) is 5.69 Å². The molecule has 1 amide bonds. The summed E-state index contributed by atoms with van der Waals surface area (Å²) in [5.41, 5.74) is 1.44. The van der Waals surface area contributed by atoms with Crippen LogP contribution in [-0.2, 0) is 4.79 Å². The number of amides is 1. The average Bonchev–Trinajstić information content (AvgIpc) is 2.61. The molecular formula is C19H22ClNO4. The Bertz CT molecular complexity index is 748. The highest BCUT2D eigenvalue weighted by Gasteiger charge is 2.21. The molecule has 134 valence electrons. The zero-order chi connectivity index (χ0) is 18.4. The Morgan fingerprint density at radius 3 is 2.40 bits per heavy atom. The number of anilines is 1. The van der Waals surface area contributed by atoms with Crippen LogP contribution in [-0.4, -0.2) is 26.2 Å². The molecule has 5 nitrogen and oxygen atoms in total. The number of hydrogen-bond donors (Lipinski definition) is 1. The average molecular weight is 364 g/mol. The minimum Gasteiger partial charge on any atom is -0.495 e. The van der Waals surface area contributed by atoms with Gasteiger partial charge in [-0.05, 0) is 25.0 Å². The summed E-state index contributed by atoms with van der Waals surface area (Å²) >= 11 is 6.09. The predicted molar refractivity (Wildman–Crippen MR) is 99.1 cm³/mol. The minimum absolute atomic E-state index is 0.270. The monoisotopic (exact) mass is 363 g/mol. The van der Waals surface area contributed by atoms with Crippen molar-refractivity contribution in [2.24, 2.45) is 0 Å². The van der Waals surface area contributed by atoms with Gasteiger partial charge in [0.25, 0.3) is 5.91 Å². The summed E-state index contributed by atoms with van der Waals surface area (Å²) in [5.74, 6) is 1.31. The number of benzene rings is 2. The Hall–Kier alpha value is -2.40. The maximum Gasteiger partial charge on any atom is 0.265 e. The van der Waals surface area contributed by atoms with Gasteiger partial charge in [0.15, 0.2) is 6.10 Å². The van der Waals surface area contributed by atoms with Crippen molar-refractivity contribution < 1.29 is 19.0 Å². The first-order valence-corrected chi connectivity index (χ1v) is 8.32.